The molecule has 6 heteroatoms. The summed E-state index contributed by atoms with van der Waals surface area (Å²) in [5.41, 5.74) is 3.80. The molecule has 0 saturated carbocycles. The van der Waals surface area contributed by atoms with Crippen molar-refractivity contribution in [3.05, 3.63) is 59.2 Å². The Balaban J connectivity index is 1.81. The average molecular weight is 323 g/mol. The summed E-state index contributed by atoms with van der Waals surface area (Å²) >= 11 is 6.22. The van der Waals surface area contributed by atoms with Gasteiger partial charge in [-0.05, 0) is 31.2 Å². The minimum absolute atomic E-state index is 0.239. The third kappa shape index (κ3) is 2.55. The van der Waals surface area contributed by atoms with Crippen LogP contribution in [0.3, 0.4) is 0 Å². The van der Waals surface area contributed by atoms with Gasteiger partial charge in [-0.3, -0.25) is 0 Å². The molecule has 0 aliphatic rings. The molecular formula is C17H11ClN4O. The van der Waals surface area contributed by atoms with Crippen LogP contribution in [0.2, 0.25) is 5.15 Å². The summed E-state index contributed by atoms with van der Waals surface area (Å²) in [6.45, 7) is 2.01. The van der Waals surface area contributed by atoms with E-state index in [4.69, 9.17) is 16.0 Å². The molecule has 0 aliphatic heterocycles. The molecule has 0 fully saturated rings. The molecule has 0 bridgehead atoms. The normalized spacial score (nSPS) is 11.0. The van der Waals surface area contributed by atoms with Gasteiger partial charge in [-0.2, -0.15) is 0 Å². The van der Waals surface area contributed by atoms with Crippen LogP contribution >= 0.6 is 11.6 Å². The zero-order chi connectivity index (χ0) is 15.8. The highest BCUT2D eigenvalue weighted by Crippen LogP contribution is 2.28. The summed E-state index contributed by atoms with van der Waals surface area (Å²) in [7, 11) is 0. The fourth-order valence-corrected chi connectivity index (χ4v) is 2.54. The van der Waals surface area contributed by atoms with Crippen molar-refractivity contribution >= 4 is 22.6 Å². The summed E-state index contributed by atoms with van der Waals surface area (Å²) in [6, 6.07) is 15.3. The molecule has 4 rings (SSSR count). The number of benzene rings is 2. The molecule has 0 unspecified atom stereocenters. The topological polar surface area (TPSA) is 64.7 Å². The van der Waals surface area contributed by atoms with E-state index in [9.17, 15) is 0 Å². The predicted molar refractivity (Wildman–Crippen MR) is 88.0 cm³/mol. The Hall–Kier alpha value is -2.79. The molecule has 5 nitrogen and oxygen atoms in total. The highest BCUT2D eigenvalue weighted by molar-refractivity contribution is 6.32. The summed E-state index contributed by atoms with van der Waals surface area (Å²) in [5, 5.41) is 8.38. The van der Waals surface area contributed by atoms with Gasteiger partial charge in [0, 0.05) is 5.56 Å². The van der Waals surface area contributed by atoms with Gasteiger partial charge in [0.2, 0.25) is 5.89 Å². The van der Waals surface area contributed by atoms with Crippen LogP contribution < -0.4 is 0 Å². The standard InChI is InChI=1S/C17H11ClN4O/c1-10-5-4-6-11(9-10)16-21-22-17(23-16)14-15(18)20-13-8-3-2-7-12(13)19-14/h2-9H,1H3. The van der Waals surface area contributed by atoms with E-state index in [0.717, 1.165) is 22.2 Å². The van der Waals surface area contributed by atoms with Crippen LogP contribution in [0.4, 0.5) is 0 Å². The van der Waals surface area contributed by atoms with Crippen LogP contribution in [0.25, 0.3) is 34.1 Å². The molecule has 0 amide bonds. The highest BCUT2D eigenvalue weighted by atomic mass is 35.5. The number of aryl methyl sites for hydroxylation is 1. The first kappa shape index (κ1) is 13.8. The second-order valence-corrected chi connectivity index (χ2v) is 5.49. The SMILES string of the molecule is Cc1cccc(-c2nnc(-c3nc4ccccc4nc3Cl)o2)c1. The van der Waals surface area contributed by atoms with Crippen molar-refractivity contribution in [2.24, 2.45) is 0 Å². The van der Waals surface area contributed by atoms with Crippen LogP contribution in [0.5, 0.6) is 0 Å². The Kier molecular flexibility index (Phi) is 3.28. The maximum atomic E-state index is 6.22. The molecule has 0 atom stereocenters. The maximum Gasteiger partial charge on any atom is 0.269 e. The van der Waals surface area contributed by atoms with Gasteiger partial charge in [-0.1, -0.05) is 41.4 Å². The van der Waals surface area contributed by atoms with Gasteiger partial charge in [0.25, 0.3) is 5.89 Å². The third-order valence-corrected chi connectivity index (χ3v) is 3.68. The van der Waals surface area contributed by atoms with Crippen molar-refractivity contribution in [2.75, 3.05) is 0 Å². The van der Waals surface area contributed by atoms with Gasteiger partial charge in [-0.25, -0.2) is 9.97 Å². The van der Waals surface area contributed by atoms with Crippen LogP contribution in [0.15, 0.2) is 52.9 Å². The summed E-state index contributed by atoms with van der Waals surface area (Å²) < 4.78 is 5.73. The molecule has 2 aromatic heterocycles. The fraction of sp³-hybridized carbons (Fsp3) is 0.0588. The van der Waals surface area contributed by atoms with Crippen LogP contribution in [-0.4, -0.2) is 20.2 Å². The Bertz CT molecular complexity index is 1010. The van der Waals surface area contributed by atoms with E-state index in [-0.39, 0.29) is 11.0 Å². The molecule has 4 aromatic rings. The van der Waals surface area contributed by atoms with E-state index >= 15 is 0 Å². The molecule has 0 aliphatic carbocycles. The van der Waals surface area contributed by atoms with Gasteiger partial charge in [0.05, 0.1) is 11.0 Å². The highest BCUT2D eigenvalue weighted by Gasteiger charge is 2.16. The number of hydrogen-bond donors (Lipinski definition) is 0. The molecule has 23 heavy (non-hydrogen) atoms. The summed E-state index contributed by atoms with van der Waals surface area (Å²) in [5.74, 6) is 0.680. The second kappa shape index (κ2) is 5.44. The van der Waals surface area contributed by atoms with Crippen molar-refractivity contribution in [1.82, 2.24) is 20.2 Å². The number of rotatable bonds is 2. The number of hydrogen-bond acceptors (Lipinski definition) is 5. The van der Waals surface area contributed by atoms with Crippen LogP contribution in [-0.2, 0) is 0 Å². The molecule has 0 radical (unpaired) electrons. The van der Waals surface area contributed by atoms with Crippen molar-refractivity contribution in [1.29, 1.82) is 0 Å². The molecule has 2 aromatic carbocycles. The Morgan fingerprint density at radius 3 is 2.39 bits per heavy atom. The first-order valence-corrected chi connectivity index (χ1v) is 7.42. The van der Waals surface area contributed by atoms with Crippen molar-refractivity contribution < 1.29 is 4.42 Å². The number of aromatic nitrogens is 4. The predicted octanol–water partition coefficient (Wildman–Crippen LogP) is 4.31. The quantitative estimate of drug-likeness (QED) is 0.550. The molecule has 0 saturated heterocycles. The zero-order valence-electron chi connectivity index (χ0n) is 12.2. The molecule has 0 spiro atoms. The van der Waals surface area contributed by atoms with Gasteiger partial charge >= 0.3 is 0 Å². The van der Waals surface area contributed by atoms with Gasteiger partial charge < -0.3 is 4.42 Å². The molecular weight excluding hydrogens is 312 g/mol. The van der Waals surface area contributed by atoms with E-state index < -0.39 is 0 Å². The Morgan fingerprint density at radius 2 is 1.61 bits per heavy atom. The minimum atomic E-state index is 0.239. The monoisotopic (exact) mass is 322 g/mol. The van der Waals surface area contributed by atoms with Gasteiger partial charge in [-0.15, -0.1) is 10.2 Å². The Morgan fingerprint density at radius 1 is 0.870 bits per heavy atom. The largest absolute Gasteiger partial charge is 0.414 e. The average Bonchev–Trinajstić information content (AvgIpc) is 3.04. The number of nitrogens with zero attached hydrogens (tertiary/aromatic N) is 4. The second-order valence-electron chi connectivity index (χ2n) is 5.13. The smallest absolute Gasteiger partial charge is 0.269 e. The molecule has 2 heterocycles. The van der Waals surface area contributed by atoms with Gasteiger partial charge in [0.15, 0.2) is 10.8 Å². The van der Waals surface area contributed by atoms with E-state index in [2.05, 4.69) is 20.2 Å². The lowest BCUT2D eigenvalue weighted by Gasteiger charge is -2.01. The Labute approximate surface area is 137 Å². The molecule has 112 valence electrons. The third-order valence-electron chi connectivity index (χ3n) is 3.42. The number of fused-ring (bicyclic) bond motifs is 1. The lowest BCUT2D eigenvalue weighted by molar-refractivity contribution is 0.582. The van der Waals surface area contributed by atoms with Crippen molar-refractivity contribution in [2.45, 2.75) is 6.92 Å². The molecule has 0 N–H and O–H groups in total. The first-order valence-electron chi connectivity index (χ1n) is 7.04. The zero-order valence-corrected chi connectivity index (χ0v) is 12.9. The summed E-state index contributed by atoms with van der Waals surface area (Å²) in [4.78, 5) is 8.80. The van der Waals surface area contributed by atoms with E-state index in [1.54, 1.807) is 0 Å². The number of para-hydroxylation sites is 2. The van der Waals surface area contributed by atoms with E-state index in [1.807, 2.05) is 55.5 Å². The first-order chi connectivity index (χ1) is 11.2. The van der Waals surface area contributed by atoms with Crippen LogP contribution in [0, 0.1) is 6.92 Å². The van der Waals surface area contributed by atoms with Crippen molar-refractivity contribution in [3.8, 4) is 23.0 Å². The van der Waals surface area contributed by atoms with Gasteiger partial charge in [0.1, 0.15) is 0 Å². The summed E-state index contributed by atoms with van der Waals surface area (Å²) in [6.07, 6.45) is 0. The fourth-order valence-electron chi connectivity index (χ4n) is 2.33. The van der Waals surface area contributed by atoms with Crippen molar-refractivity contribution in [3.63, 3.8) is 0 Å². The van der Waals surface area contributed by atoms with E-state index in [0.29, 0.717) is 11.6 Å². The maximum absolute atomic E-state index is 6.22. The lowest BCUT2D eigenvalue weighted by atomic mass is 10.1. The number of halogens is 1. The minimum Gasteiger partial charge on any atom is -0.414 e. The lowest BCUT2D eigenvalue weighted by Crippen LogP contribution is -1.91. The van der Waals surface area contributed by atoms with E-state index in [1.165, 1.54) is 0 Å². The van der Waals surface area contributed by atoms with Crippen LogP contribution in [0.1, 0.15) is 5.56 Å².